The number of methoxy groups -OCH3 is 1. The van der Waals surface area contributed by atoms with Crippen molar-refractivity contribution in [2.75, 3.05) is 7.11 Å². The molecule has 0 heterocycles. The van der Waals surface area contributed by atoms with Crippen molar-refractivity contribution < 1.29 is 14.1 Å². The van der Waals surface area contributed by atoms with Gasteiger partial charge in [0.15, 0.2) is 0 Å². The molecule has 1 aromatic carbocycles. The van der Waals surface area contributed by atoms with Gasteiger partial charge in [-0.15, -0.1) is 0 Å². The van der Waals surface area contributed by atoms with Crippen LogP contribution in [0.1, 0.15) is 5.56 Å². The summed E-state index contributed by atoms with van der Waals surface area (Å²) in [4.78, 5) is 9.41. The zero-order valence-corrected chi connectivity index (χ0v) is 7.15. The summed E-state index contributed by atoms with van der Waals surface area (Å²) in [7, 11) is 1.25. The largest absolute Gasteiger partial charge is 0.495 e. The summed E-state index contributed by atoms with van der Waals surface area (Å²) < 4.78 is 17.6. The van der Waals surface area contributed by atoms with Gasteiger partial charge in [0.1, 0.15) is 17.4 Å². The maximum Gasteiger partial charge on any atom is 0.306 e. The van der Waals surface area contributed by atoms with Crippen molar-refractivity contribution in [2.24, 2.45) is 0 Å². The standard InChI is InChI=1S/C8H5FN2O3/c1-14-8-3-6(9)7(11(12)13)2-5(8)4-10/h2-3H,1H3. The monoisotopic (exact) mass is 196 g/mol. The van der Waals surface area contributed by atoms with Crippen molar-refractivity contribution in [3.63, 3.8) is 0 Å². The van der Waals surface area contributed by atoms with Crippen molar-refractivity contribution in [1.82, 2.24) is 0 Å². The highest BCUT2D eigenvalue weighted by Crippen LogP contribution is 2.26. The Morgan fingerprint density at radius 3 is 2.71 bits per heavy atom. The third-order valence-corrected chi connectivity index (χ3v) is 1.59. The first-order valence-corrected chi connectivity index (χ1v) is 3.52. The molecule has 0 aliphatic carbocycles. The second-order valence-electron chi connectivity index (χ2n) is 2.37. The zero-order valence-electron chi connectivity index (χ0n) is 7.15. The van der Waals surface area contributed by atoms with E-state index in [1.165, 1.54) is 7.11 Å². The topological polar surface area (TPSA) is 76.2 Å². The van der Waals surface area contributed by atoms with Gasteiger partial charge in [0.25, 0.3) is 0 Å². The minimum Gasteiger partial charge on any atom is -0.495 e. The maximum atomic E-state index is 13.0. The van der Waals surface area contributed by atoms with Gasteiger partial charge >= 0.3 is 5.69 Å². The van der Waals surface area contributed by atoms with Crippen LogP contribution in [0, 0.1) is 27.3 Å². The molecule has 0 radical (unpaired) electrons. The number of hydrogen-bond acceptors (Lipinski definition) is 4. The fourth-order valence-electron chi connectivity index (χ4n) is 0.940. The Balaban J connectivity index is 3.40. The van der Waals surface area contributed by atoms with Gasteiger partial charge in [-0.05, 0) is 0 Å². The van der Waals surface area contributed by atoms with Gasteiger partial charge in [0.2, 0.25) is 5.82 Å². The molecule has 0 unspecified atom stereocenters. The fraction of sp³-hybridized carbons (Fsp3) is 0.125. The molecule has 5 nitrogen and oxygen atoms in total. The van der Waals surface area contributed by atoms with Crippen LogP contribution in [0.2, 0.25) is 0 Å². The van der Waals surface area contributed by atoms with Crippen LogP contribution >= 0.6 is 0 Å². The number of nitro groups is 1. The van der Waals surface area contributed by atoms with Gasteiger partial charge in [0.05, 0.1) is 12.0 Å². The van der Waals surface area contributed by atoms with E-state index in [0.29, 0.717) is 0 Å². The number of benzene rings is 1. The van der Waals surface area contributed by atoms with Crippen LogP contribution in [-0.4, -0.2) is 12.0 Å². The molecule has 14 heavy (non-hydrogen) atoms. The lowest BCUT2D eigenvalue weighted by molar-refractivity contribution is -0.387. The molecule has 0 saturated heterocycles. The summed E-state index contributed by atoms with van der Waals surface area (Å²) in [6.45, 7) is 0. The lowest BCUT2D eigenvalue weighted by atomic mass is 10.2. The molecule has 0 aliphatic heterocycles. The minimum absolute atomic E-state index is 0.0180. The number of nitriles is 1. The van der Waals surface area contributed by atoms with E-state index in [1.807, 2.05) is 0 Å². The number of rotatable bonds is 2. The zero-order chi connectivity index (χ0) is 10.7. The molecule has 1 aromatic rings. The molecule has 0 aromatic heterocycles. The molecule has 0 atom stereocenters. The lowest BCUT2D eigenvalue weighted by Crippen LogP contribution is -1.96. The molecule has 0 aliphatic rings. The first-order valence-electron chi connectivity index (χ1n) is 3.52. The van der Waals surface area contributed by atoms with Crippen molar-refractivity contribution in [2.45, 2.75) is 0 Å². The number of nitro benzene ring substituents is 1. The molecular weight excluding hydrogens is 191 g/mol. The van der Waals surface area contributed by atoms with Crippen molar-refractivity contribution in [3.05, 3.63) is 33.6 Å². The normalized spacial score (nSPS) is 9.21. The predicted octanol–water partition coefficient (Wildman–Crippen LogP) is 1.61. The molecule has 0 saturated carbocycles. The first-order chi connectivity index (χ1) is 6.60. The number of halogens is 1. The Hall–Kier alpha value is -2.16. The van der Waals surface area contributed by atoms with E-state index < -0.39 is 16.4 Å². The highest BCUT2D eigenvalue weighted by atomic mass is 19.1. The van der Waals surface area contributed by atoms with E-state index in [9.17, 15) is 14.5 Å². The summed E-state index contributed by atoms with van der Waals surface area (Å²) in [6, 6.07) is 3.33. The fourth-order valence-corrected chi connectivity index (χ4v) is 0.940. The van der Waals surface area contributed by atoms with Gasteiger partial charge < -0.3 is 4.74 Å². The van der Waals surface area contributed by atoms with E-state index >= 15 is 0 Å². The summed E-state index contributed by atoms with van der Waals surface area (Å²) >= 11 is 0. The van der Waals surface area contributed by atoms with Gasteiger partial charge in [-0.2, -0.15) is 9.65 Å². The van der Waals surface area contributed by atoms with Gasteiger partial charge in [-0.3, -0.25) is 10.1 Å². The Morgan fingerprint density at radius 2 is 2.29 bits per heavy atom. The van der Waals surface area contributed by atoms with Crippen LogP contribution in [0.5, 0.6) is 5.75 Å². The molecule has 0 N–H and O–H groups in total. The predicted molar refractivity (Wildman–Crippen MR) is 44.3 cm³/mol. The average molecular weight is 196 g/mol. The summed E-state index contributed by atoms with van der Waals surface area (Å²) in [5, 5.41) is 18.9. The van der Waals surface area contributed by atoms with Crippen molar-refractivity contribution in [1.29, 1.82) is 5.26 Å². The van der Waals surface area contributed by atoms with Gasteiger partial charge in [-0.25, -0.2) is 0 Å². The lowest BCUT2D eigenvalue weighted by Gasteiger charge is -2.02. The number of ether oxygens (including phenoxy) is 1. The van der Waals surface area contributed by atoms with Gasteiger partial charge in [0, 0.05) is 12.1 Å². The molecule has 0 spiro atoms. The van der Waals surface area contributed by atoms with E-state index in [0.717, 1.165) is 12.1 Å². The summed E-state index contributed by atoms with van der Waals surface area (Å²) in [5.41, 5.74) is -0.803. The Kier molecular flexibility index (Phi) is 2.62. The highest BCUT2D eigenvalue weighted by Gasteiger charge is 2.18. The molecule has 0 bridgehead atoms. The van der Waals surface area contributed by atoms with Crippen LogP contribution in [0.3, 0.4) is 0 Å². The molecular formula is C8H5FN2O3. The highest BCUT2D eigenvalue weighted by molar-refractivity contribution is 5.51. The van der Waals surface area contributed by atoms with Crippen LogP contribution < -0.4 is 4.74 Å². The second-order valence-corrected chi connectivity index (χ2v) is 2.37. The quantitative estimate of drug-likeness (QED) is 0.531. The Morgan fingerprint density at radius 1 is 1.64 bits per heavy atom. The summed E-state index contributed by atoms with van der Waals surface area (Å²) in [5.74, 6) is -1.04. The Labute approximate surface area is 78.5 Å². The van der Waals surface area contributed by atoms with E-state index in [4.69, 9.17) is 5.26 Å². The molecule has 72 valence electrons. The van der Waals surface area contributed by atoms with Crippen LogP contribution in [-0.2, 0) is 0 Å². The Bertz CT molecular complexity index is 425. The minimum atomic E-state index is -1.02. The first kappa shape index (κ1) is 9.92. The van der Waals surface area contributed by atoms with Gasteiger partial charge in [-0.1, -0.05) is 0 Å². The average Bonchev–Trinajstić information content (AvgIpc) is 2.16. The number of hydrogen-bond donors (Lipinski definition) is 0. The van der Waals surface area contributed by atoms with Crippen molar-refractivity contribution >= 4 is 5.69 Å². The molecule has 6 heteroatoms. The number of nitrogens with zero attached hydrogens (tertiary/aromatic N) is 2. The smallest absolute Gasteiger partial charge is 0.306 e. The van der Waals surface area contributed by atoms with Crippen molar-refractivity contribution in [3.8, 4) is 11.8 Å². The molecule has 0 amide bonds. The van der Waals surface area contributed by atoms with Crippen LogP contribution in [0.25, 0.3) is 0 Å². The SMILES string of the molecule is COc1cc(F)c([N+](=O)[O-])cc1C#N. The van der Waals surface area contributed by atoms with Crippen LogP contribution in [0.4, 0.5) is 10.1 Å². The van der Waals surface area contributed by atoms with Crippen LogP contribution in [0.15, 0.2) is 12.1 Å². The molecule has 0 fully saturated rings. The maximum absolute atomic E-state index is 13.0. The third-order valence-electron chi connectivity index (χ3n) is 1.59. The van der Waals surface area contributed by atoms with E-state index in [2.05, 4.69) is 4.74 Å². The van der Waals surface area contributed by atoms with E-state index in [-0.39, 0.29) is 11.3 Å². The molecule has 1 rings (SSSR count). The summed E-state index contributed by atoms with van der Waals surface area (Å²) in [6.07, 6.45) is 0. The van der Waals surface area contributed by atoms with E-state index in [1.54, 1.807) is 6.07 Å². The third kappa shape index (κ3) is 1.61. The second kappa shape index (κ2) is 3.70.